The third kappa shape index (κ3) is 2.27. The number of hydrogen-bond donors (Lipinski definition) is 1. The molecule has 0 amide bonds. The summed E-state index contributed by atoms with van der Waals surface area (Å²) in [5.74, 6) is 0.496. The molecule has 1 atom stereocenters. The van der Waals surface area contributed by atoms with Crippen molar-refractivity contribution in [3.05, 3.63) is 42.0 Å². The fourth-order valence-corrected chi connectivity index (χ4v) is 1.97. The molecular formula is C12H12N6O. The van der Waals surface area contributed by atoms with E-state index >= 15 is 0 Å². The van der Waals surface area contributed by atoms with Crippen molar-refractivity contribution in [3.63, 3.8) is 0 Å². The fourth-order valence-electron chi connectivity index (χ4n) is 1.97. The first-order valence-electron chi connectivity index (χ1n) is 5.84. The second-order valence-corrected chi connectivity index (χ2v) is 4.19. The molecule has 0 saturated heterocycles. The number of aliphatic hydroxyl groups is 1. The summed E-state index contributed by atoms with van der Waals surface area (Å²) < 4.78 is 0. The lowest BCUT2D eigenvalue weighted by Gasteiger charge is -2.10. The molecule has 2 heterocycles. The molecule has 19 heavy (non-hydrogen) atoms. The van der Waals surface area contributed by atoms with Crippen LogP contribution in [0.4, 0.5) is 0 Å². The van der Waals surface area contributed by atoms with E-state index in [-0.39, 0.29) is 0 Å². The summed E-state index contributed by atoms with van der Waals surface area (Å²) in [4.78, 5) is 9.85. The van der Waals surface area contributed by atoms with Crippen LogP contribution < -0.4 is 0 Å². The number of nitrogens with zero attached hydrogens (tertiary/aromatic N) is 6. The van der Waals surface area contributed by atoms with Crippen molar-refractivity contribution in [1.29, 1.82) is 0 Å². The molecule has 0 aliphatic rings. The number of benzene rings is 1. The number of tetrazole rings is 1. The van der Waals surface area contributed by atoms with Crippen LogP contribution in [0.3, 0.4) is 0 Å². The van der Waals surface area contributed by atoms with Crippen molar-refractivity contribution >= 4 is 11.0 Å². The monoisotopic (exact) mass is 256 g/mol. The van der Waals surface area contributed by atoms with Gasteiger partial charge in [-0.25, -0.2) is 0 Å². The van der Waals surface area contributed by atoms with Gasteiger partial charge in [-0.05, 0) is 11.3 Å². The van der Waals surface area contributed by atoms with Crippen molar-refractivity contribution in [2.24, 2.45) is 7.05 Å². The summed E-state index contributed by atoms with van der Waals surface area (Å²) in [6, 6.07) is 5.54. The molecule has 1 aromatic carbocycles. The zero-order chi connectivity index (χ0) is 13.2. The minimum Gasteiger partial charge on any atom is -0.388 e. The van der Waals surface area contributed by atoms with Crippen molar-refractivity contribution < 1.29 is 5.11 Å². The molecule has 1 N–H and O–H groups in total. The van der Waals surface area contributed by atoms with Crippen LogP contribution in [-0.4, -0.2) is 35.3 Å². The smallest absolute Gasteiger partial charge is 0.177 e. The van der Waals surface area contributed by atoms with Gasteiger partial charge < -0.3 is 5.11 Å². The van der Waals surface area contributed by atoms with Crippen molar-refractivity contribution in [3.8, 4) is 0 Å². The summed E-state index contributed by atoms with van der Waals surface area (Å²) in [5, 5.41) is 22.0. The van der Waals surface area contributed by atoms with Gasteiger partial charge in [0.2, 0.25) is 0 Å². The van der Waals surface area contributed by atoms with Crippen LogP contribution in [0.1, 0.15) is 17.5 Å². The molecule has 0 spiro atoms. The minimum absolute atomic E-state index is 0.295. The zero-order valence-electron chi connectivity index (χ0n) is 10.3. The maximum absolute atomic E-state index is 10.3. The van der Waals surface area contributed by atoms with Gasteiger partial charge in [0.05, 0.1) is 24.2 Å². The van der Waals surface area contributed by atoms with Gasteiger partial charge in [0.15, 0.2) is 5.82 Å². The molecule has 1 unspecified atom stereocenters. The molecular weight excluding hydrogens is 244 g/mol. The number of aryl methyl sites for hydroxylation is 1. The number of hydrogen-bond acceptors (Lipinski definition) is 6. The first kappa shape index (κ1) is 11.7. The Labute approximate surface area is 108 Å². The normalized spacial score (nSPS) is 12.7. The highest BCUT2D eigenvalue weighted by molar-refractivity contribution is 5.77. The number of aliphatic hydroxyl groups excluding tert-OH is 1. The predicted molar refractivity (Wildman–Crippen MR) is 67.0 cm³/mol. The molecule has 0 radical (unpaired) electrons. The summed E-state index contributed by atoms with van der Waals surface area (Å²) in [5.41, 5.74) is 2.17. The van der Waals surface area contributed by atoms with Crippen LogP contribution in [0.5, 0.6) is 0 Å². The number of fused-ring (bicyclic) bond motifs is 1. The first-order valence-corrected chi connectivity index (χ1v) is 5.84. The average molecular weight is 256 g/mol. The van der Waals surface area contributed by atoms with Crippen LogP contribution in [-0.2, 0) is 13.5 Å². The Morgan fingerprint density at radius 2 is 2.11 bits per heavy atom. The lowest BCUT2D eigenvalue weighted by atomic mass is 10.0. The van der Waals surface area contributed by atoms with Gasteiger partial charge in [-0.3, -0.25) is 9.97 Å². The molecule has 7 heteroatoms. The standard InChI is InChI=1S/C12H12N6O/c1-18-16-11(15-17-18)7-10(19)8-3-2-4-9-12(8)14-6-5-13-9/h2-6,10,19H,7H2,1H3. The Morgan fingerprint density at radius 3 is 2.89 bits per heavy atom. The van der Waals surface area contributed by atoms with E-state index in [1.807, 2.05) is 18.2 Å². The Balaban J connectivity index is 1.95. The molecule has 2 aromatic heterocycles. The molecule has 96 valence electrons. The van der Waals surface area contributed by atoms with E-state index in [0.29, 0.717) is 17.8 Å². The van der Waals surface area contributed by atoms with E-state index in [1.165, 1.54) is 4.80 Å². The maximum Gasteiger partial charge on any atom is 0.177 e. The van der Waals surface area contributed by atoms with E-state index in [0.717, 1.165) is 11.1 Å². The van der Waals surface area contributed by atoms with Crippen molar-refractivity contribution in [2.75, 3.05) is 0 Å². The molecule has 0 fully saturated rings. The van der Waals surface area contributed by atoms with E-state index in [9.17, 15) is 5.11 Å². The Bertz CT molecular complexity index is 705. The maximum atomic E-state index is 10.3. The third-order valence-electron chi connectivity index (χ3n) is 2.81. The number of para-hydroxylation sites is 1. The Kier molecular flexibility index (Phi) is 2.88. The molecule has 7 nitrogen and oxygen atoms in total. The van der Waals surface area contributed by atoms with E-state index < -0.39 is 6.10 Å². The highest BCUT2D eigenvalue weighted by atomic mass is 16.3. The summed E-state index contributed by atoms with van der Waals surface area (Å²) >= 11 is 0. The van der Waals surface area contributed by atoms with Crippen LogP contribution in [0.25, 0.3) is 11.0 Å². The van der Waals surface area contributed by atoms with Gasteiger partial charge in [-0.2, -0.15) is 4.80 Å². The Morgan fingerprint density at radius 1 is 1.26 bits per heavy atom. The highest BCUT2D eigenvalue weighted by Crippen LogP contribution is 2.22. The SMILES string of the molecule is Cn1nnc(CC(O)c2cccc3nccnc23)n1. The topological polar surface area (TPSA) is 89.6 Å². The highest BCUT2D eigenvalue weighted by Gasteiger charge is 2.15. The van der Waals surface area contributed by atoms with Crippen molar-refractivity contribution in [2.45, 2.75) is 12.5 Å². The molecule has 0 bridgehead atoms. The van der Waals surface area contributed by atoms with E-state index in [1.54, 1.807) is 19.4 Å². The minimum atomic E-state index is -0.732. The number of aromatic nitrogens is 6. The van der Waals surface area contributed by atoms with Crippen LogP contribution in [0.15, 0.2) is 30.6 Å². The van der Waals surface area contributed by atoms with Gasteiger partial charge in [0.1, 0.15) is 0 Å². The Hall–Kier alpha value is -2.41. The summed E-state index contributed by atoms with van der Waals surface area (Å²) in [6.45, 7) is 0. The molecule has 0 aliphatic carbocycles. The van der Waals surface area contributed by atoms with Crippen LogP contribution in [0.2, 0.25) is 0 Å². The molecule has 0 saturated carbocycles. The van der Waals surface area contributed by atoms with E-state index in [2.05, 4.69) is 25.4 Å². The number of rotatable bonds is 3. The summed E-state index contributed by atoms with van der Waals surface area (Å²) in [7, 11) is 1.69. The summed E-state index contributed by atoms with van der Waals surface area (Å²) in [6.07, 6.45) is 2.80. The second kappa shape index (κ2) is 4.69. The lowest BCUT2D eigenvalue weighted by molar-refractivity contribution is 0.177. The largest absolute Gasteiger partial charge is 0.388 e. The predicted octanol–water partition coefficient (Wildman–Crippen LogP) is 0.429. The van der Waals surface area contributed by atoms with Gasteiger partial charge in [-0.15, -0.1) is 10.2 Å². The van der Waals surface area contributed by atoms with Crippen LogP contribution in [0, 0.1) is 0 Å². The zero-order valence-corrected chi connectivity index (χ0v) is 10.3. The van der Waals surface area contributed by atoms with Crippen molar-refractivity contribution in [1.82, 2.24) is 30.2 Å². The molecule has 3 aromatic rings. The van der Waals surface area contributed by atoms with Gasteiger partial charge in [0, 0.05) is 24.4 Å². The quantitative estimate of drug-likeness (QED) is 0.731. The van der Waals surface area contributed by atoms with E-state index in [4.69, 9.17) is 0 Å². The van der Waals surface area contributed by atoms with Crippen LogP contribution >= 0.6 is 0 Å². The first-order chi connectivity index (χ1) is 9.24. The lowest BCUT2D eigenvalue weighted by Crippen LogP contribution is -2.05. The van der Waals surface area contributed by atoms with Gasteiger partial charge in [0.25, 0.3) is 0 Å². The molecule has 3 rings (SSSR count). The van der Waals surface area contributed by atoms with Gasteiger partial charge >= 0.3 is 0 Å². The molecule has 0 aliphatic heterocycles. The average Bonchev–Trinajstić information content (AvgIpc) is 2.83. The second-order valence-electron chi connectivity index (χ2n) is 4.19. The third-order valence-corrected chi connectivity index (χ3v) is 2.81. The van der Waals surface area contributed by atoms with Gasteiger partial charge in [-0.1, -0.05) is 12.1 Å². The fraction of sp³-hybridized carbons (Fsp3) is 0.250.